The molecule has 0 radical (unpaired) electrons. The van der Waals surface area contributed by atoms with Crippen LogP contribution in [-0.4, -0.2) is 27.6 Å². The standard InChI is InChI=1S/C12H19N3O2/c1-9(2)5-3-4-6-14-11-8-13-7-10(15-11)12(16)17/h7-9H,3-6H2,1-2H3,(H,14,15)(H,16,17). The summed E-state index contributed by atoms with van der Waals surface area (Å²) in [5.41, 5.74) is -0.0304. The van der Waals surface area contributed by atoms with Gasteiger partial charge < -0.3 is 10.4 Å². The molecule has 0 aliphatic carbocycles. The Labute approximate surface area is 101 Å². The maximum absolute atomic E-state index is 10.7. The van der Waals surface area contributed by atoms with E-state index in [0.717, 1.165) is 25.3 Å². The number of aromatic carboxylic acids is 1. The van der Waals surface area contributed by atoms with Gasteiger partial charge in [-0.15, -0.1) is 0 Å². The van der Waals surface area contributed by atoms with Crippen molar-refractivity contribution in [3.05, 3.63) is 18.1 Å². The van der Waals surface area contributed by atoms with Crippen LogP contribution in [0.2, 0.25) is 0 Å². The van der Waals surface area contributed by atoms with Gasteiger partial charge >= 0.3 is 5.97 Å². The molecule has 0 saturated carbocycles. The molecule has 0 spiro atoms. The molecule has 17 heavy (non-hydrogen) atoms. The van der Waals surface area contributed by atoms with Crippen LogP contribution in [0.1, 0.15) is 43.6 Å². The van der Waals surface area contributed by atoms with Gasteiger partial charge in [-0.2, -0.15) is 0 Å². The first-order valence-electron chi connectivity index (χ1n) is 5.89. The number of nitrogens with zero attached hydrogens (tertiary/aromatic N) is 2. The molecule has 0 fully saturated rings. The lowest BCUT2D eigenvalue weighted by Crippen LogP contribution is -2.08. The van der Waals surface area contributed by atoms with Crippen molar-refractivity contribution in [3.63, 3.8) is 0 Å². The Morgan fingerprint density at radius 1 is 1.41 bits per heavy atom. The second-order valence-corrected chi connectivity index (χ2v) is 4.41. The third kappa shape index (κ3) is 5.29. The molecule has 1 aromatic heterocycles. The summed E-state index contributed by atoms with van der Waals surface area (Å²) in [6.45, 7) is 5.20. The zero-order chi connectivity index (χ0) is 12.7. The van der Waals surface area contributed by atoms with E-state index in [0.29, 0.717) is 5.82 Å². The summed E-state index contributed by atoms with van der Waals surface area (Å²) >= 11 is 0. The van der Waals surface area contributed by atoms with Gasteiger partial charge in [-0.25, -0.2) is 9.78 Å². The summed E-state index contributed by atoms with van der Waals surface area (Å²) in [7, 11) is 0. The van der Waals surface area contributed by atoms with E-state index in [4.69, 9.17) is 5.11 Å². The molecule has 0 bridgehead atoms. The third-order valence-electron chi connectivity index (χ3n) is 2.37. The third-order valence-corrected chi connectivity index (χ3v) is 2.37. The lowest BCUT2D eigenvalue weighted by atomic mass is 10.1. The molecule has 1 rings (SSSR count). The van der Waals surface area contributed by atoms with Crippen molar-refractivity contribution in [3.8, 4) is 0 Å². The van der Waals surface area contributed by atoms with E-state index in [-0.39, 0.29) is 5.69 Å². The summed E-state index contributed by atoms with van der Waals surface area (Å²) in [6, 6.07) is 0. The molecule has 5 nitrogen and oxygen atoms in total. The molecule has 1 heterocycles. The van der Waals surface area contributed by atoms with Crippen molar-refractivity contribution in [2.75, 3.05) is 11.9 Å². The van der Waals surface area contributed by atoms with Crippen LogP contribution in [0.15, 0.2) is 12.4 Å². The summed E-state index contributed by atoms with van der Waals surface area (Å²) < 4.78 is 0. The number of carboxylic acid groups (broad SMARTS) is 1. The summed E-state index contributed by atoms with van der Waals surface area (Å²) in [4.78, 5) is 18.4. The van der Waals surface area contributed by atoms with Crippen LogP contribution >= 0.6 is 0 Å². The maximum atomic E-state index is 10.7. The lowest BCUT2D eigenvalue weighted by Gasteiger charge is -2.06. The summed E-state index contributed by atoms with van der Waals surface area (Å²) in [5, 5.41) is 11.8. The molecule has 0 amide bonds. The zero-order valence-corrected chi connectivity index (χ0v) is 10.3. The van der Waals surface area contributed by atoms with Gasteiger partial charge in [0.2, 0.25) is 0 Å². The Kier molecular flexibility index (Phi) is 5.39. The number of carbonyl (C=O) groups is 1. The van der Waals surface area contributed by atoms with Gasteiger partial charge in [0.15, 0.2) is 5.69 Å². The van der Waals surface area contributed by atoms with Crippen LogP contribution in [-0.2, 0) is 0 Å². The minimum absolute atomic E-state index is 0.0304. The van der Waals surface area contributed by atoms with Crippen molar-refractivity contribution < 1.29 is 9.90 Å². The van der Waals surface area contributed by atoms with E-state index >= 15 is 0 Å². The first kappa shape index (κ1) is 13.4. The number of rotatable bonds is 7. The Morgan fingerprint density at radius 3 is 2.82 bits per heavy atom. The van der Waals surface area contributed by atoms with Gasteiger partial charge in [0.1, 0.15) is 5.82 Å². The maximum Gasteiger partial charge on any atom is 0.356 e. The molecular formula is C12H19N3O2. The van der Waals surface area contributed by atoms with Crippen LogP contribution in [0.4, 0.5) is 5.82 Å². The first-order valence-corrected chi connectivity index (χ1v) is 5.89. The lowest BCUT2D eigenvalue weighted by molar-refractivity contribution is 0.0690. The van der Waals surface area contributed by atoms with E-state index in [2.05, 4.69) is 29.1 Å². The van der Waals surface area contributed by atoms with E-state index in [1.807, 2.05) is 0 Å². The SMILES string of the molecule is CC(C)CCCCNc1cncc(C(=O)O)n1. The van der Waals surface area contributed by atoms with E-state index in [1.54, 1.807) is 0 Å². The molecule has 2 N–H and O–H groups in total. The number of hydrogen-bond acceptors (Lipinski definition) is 4. The topological polar surface area (TPSA) is 75.1 Å². The van der Waals surface area contributed by atoms with Gasteiger partial charge in [-0.05, 0) is 12.3 Å². The van der Waals surface area contributed by atoms with E-state index in [9.17, 15) is 4.79 Å². The Morgan fingerprint density at radius 2 is 2.18 bits per heavy atom. The van der Waals surface area contributed by atoms with Gasteiger partial charge in [0.25, 0.3) is 0 Å². The average Bonchev–Trinajstić information content (AvgIpc) is 2.28. The molecule has 1 aromatic rings. The van der Waals surface area contributed by atoms with Crippen molar-refractivity contribution in [1.29, 1.82) is 0 Å². The highest BCUT2D eigenvalue weighted by atomic mass is 16.4. The van der Waals surface area contributed by atoms with Crippen molar-refractivity contribution in [2.24, 2.45) is 5.92 Å². The molecule has 0 aromatic carbocycles. The predicted molar refractivity (Wildman–Crippen MR) is 66.2 cm³/mol. The molecule has 0 atom stereocenters. The van der Waals surface area contributed by atoms with Gasteiger partial charge in [-0.3, -0.25) is 4.98 Å². The molecule has 0 aliphatic rings. The summed E-state index contributed by atoms with van der Waals surface area (Å²) in [5.74, 6) is 0.195. The van der Waals surface area contributed by atoms with Gasteiger partial charge in [0, 0.05) is 6.54 Å². The minimum atomic E-state index is -1.05. The highest BCUT2D eigenvalue weighted by Crippen LogP contribution is 2.07. The Hall–Kier alpha value is -1.65. The second-order valence-electron chi connectivity index (χ2n) is 4.41. The van der Waals surface area contributed by atoms with E-state index < -0.39 is 5.97 Å². The number of anilines is 1. The highest BCUT2D eigenvalue weighted by Gasteiger charge is 2.05. The van der Waals surface area contributed by atoms with Gasteiger partial charge in [0.05, 0.1) is 12.4 Å². The fourth-order valence-corrected chi connectivity index (χ4v) is 1.45. The quantitative estimate of drug-likeness (QED) is 0.712. The van der Waals surface area contributed by atoms with Crippen LogP contribution in [0.25, 0.3) is 0 Å². The Balaban J connectivity index is 2.31. The first-order chi connectivity index (χ1) is 8.09. The predicted octanol–water partition coefficient (Wildman–Crippen LogP) is 2.41. The largest absolute Gasteiger partial charge is 0.476 e. The number of aromatic nitrogens is 2. The molecule has 0 unspecified atom stereocenters. The van der Waals surface area contributed by atoms with Crippen LogP contribution in [0.5, 0.6) is 0 Å². The normalized spacial score (nSPS) is 10.5. The number of carboxylic acids is 1. The number of unbranched alkanes of at least 4 members (excludes halogenated alkanes) is 1. The van der Waals surface area contributed by atoms with Crippen LogP contribution in [0.3, 0.4) is 0 Å². The van der Waals surface area contributed by atoms with Crippen molar-refractivity contribution in [1.82, 2.24) is 9.97 Å². The molecule has 5 heteroatoms. The molecular weight excluding hydrogens is 218 g/mol. The smallest absolute Gasteiger partial charge is 0.356 e. The second kappa shape index (κ2) is 6.83. The number of hydrogen-bond donors (Lipinski definition) is 2. The zero-order valence-electron chi connectivity index (χ0n) is 10.3. The fraction of sp³-hybridized carbons (Fsp3) is 0.583. The number of nitrogens with one attached hydrogen (secondary N) is 1. The highest BCUT2D eigenvalue weighted by molar-refractivity contribution is 5.85. The van der Waals surface area contributed by atoms with Crippen molar-refractivity contribution in [2.45, 2.75) is 33.1 Å². The van der Waals surface area contributed by atoms with Gasteiger partial charge in [-0.1, -0.05) is 26.7 Å². The monoisotopic (exact) mass is 237 g/mol. The fourth-order valence-electron chi connectivity index (χ4n) is 1.45. The Bertz CT molecular complexity index is 367. The van der Waals surface area contributed by atoms with Crippen molar-refractivity contribution >= 4 is 11.8 Å². The molecule has 94 valence electrons. The minimum Gasteiger partial charge on any atom is -0.476 e. The van der Waals surface area contributed by atoms with Crippen LogP contribution < -0.4 is 5.32 Å². The molecule has 0 saturated heterocycles. The van der Waals surface area contributed by atoms with Crippen LogP contribution in [0, 0.1) is 5.92 Å². The molecule has 0 aliphatic heterocycles. The summed E-state index contributed by atoms with van der Waals surface area (Å²) in [6.07, 6.45) is 6.21. The van der Waals surface area contributed by atoms with E-state index in [1.165, 1.54) is 18.8 Å². The average molecular weight is 237 g/mol.